The largest absolute Gasteiger partial charge is 0.482 e. The van der Waals surface area contributed by atoms with Crippen molar-refractivity contribution in [3.05, 3.63) is 48.9 Å². The fourth-order valence-electron chi connectivity index (χ4n) is 2.31. The number of likely N-dealkylation sites (tertiary alicyclic amines) is 1. The number of carbonyl (C=O) groups is 1. The SMILES string of the molecule is O=C(COc1cccnc1)N1CCC(Oc2ccccn2)C1. The number of ether oxygens (including phenoxy) is 2. The van der Waals surface area contributed by atoms with Gasteiger partial charge in [0.25, 0.3) is 5.91 Å². The van der Waals surface area contributed by atoms with E-state index in [2.05, 4.69) is 9.97 Å². The number of amides is 1. The molecule has 1 aliphatic heterocycles. The minimum Gasteiger partial charge on any atom is -0.482 e. The predicted octanol–water partition coefficient (Wildman–Crippen LogP) is 1.54. The summed E-state index contributed by atoms with van der Waals surface area (Å²) in [5, 5.41) is 0. The topological polar surface area (TPSA) is 64.5 Å². The van der Waals surface area contributed by atoms with Crippen molar-refractivity contribution in [2.24, 2.45) is 0 Å². The Bertz CT molecular complexity index is 607. The van der Waals surface area contributed by atoms with Crippen LogP contribution in [0.25, 0.3) is 0 Å². The van der Waals surface area contributed by atoms with Gasteiger partial charge in [-0.05, 0) is 18.2 Å². The first-order valence-electron chi connectivity index (χ1n) is 7.19. The van der Waals surface area contributed by atoms with Crippen molar-refractivity contribution in [1.29, 1.82) is 0 Å². The van der Waals surface area contributed by atoms with Crippen LogP contribution in [0.3, 0.4) is 0 Å². The lowest BCUT2D eigenvalue weighted by Crippen LogP contribution is -2.34. The molecule has 0 bridgehead atoms. The van der Waals surface area contributed by atoms with E-state index in [-0.39, 0.29) is 18.6 Å². The molecule has 1 amide bonds. The standard InChI is InChI=1S/C16H17N3O3/c20-16(12-21-13-4-3-7-17-10-13)19-9-6-14(11-19)22-15-5-1-2-8-18-15/h1-5,7-8,10,14H,6,9,11-12H2. The quantitative estimate of drug-likeness (QED) is 0.838. The molecule has 22 heavy (non-hydrogen) atoms. The molecule has 0 radical (unpaired) electrons. The molecule has 1 aliphatic rings. The van der Waals surface area contributed by atoms with Crippen LogP contribution in [0.15, 0.2) is 48.9 Å². The number of pyridine rings is 2. The van der Waals surface area contributed by atoms with Gasteiger partial charge in [-0.25, -0.2) is 4.98 Å². The lowest BCUT2D eigenvalue weighted by atomic mass is 10.3. The zero-order valence-corrected chi connectivity index (χ0v) is 12.1. The molecule has 0 aromatic carbocycles. The molecule has 0 saturated carbocycles. The van der Waals surface area contributed by atoms with Crippen LogP contribution in [-0.4, -0.2) is 46.6 Å². The Morgan fingerprint density at radius 3 is 3.00 bits per heavy atom. The van der Waals surface area contributed by atoms with Crippen molar-refractivity contribution in [3.8, 4) is 11.6 Å². The maximum atomic E-state index is 12.1. The van der Waals surface area contributed by atoms with E-state index in [1.807, 2.05) is 18.2 Å². The van der Waals surface area contributed by atoms with Crippen molar-refractivity contribution in [1.82, 2.24) is 14.9 Å². The molecule has 1 saturated heterocycles. The van der Waals surface area contributed by atoms with Crippen molar-refractivity contribution in [2.45, 2.75) is 12.5 Å². The molecular formula is C16H17N3O3. The predicted molar refractivity (Wildman–Crippen MR) is 79.6 cm³/mol. The van der Waals surface area contributed by atoms with Gasteiger partial charge in [0.2, 0.25) is 5.88 Å². The molecule has 2 aromatic heterocycles. The highest BCUT2D eigenvalue weighted by atomic mass is 16.5. The molecule has 2 aromatic rings. The highest BCUT2D eigenvalue weighted by Crippen LogP contribution is 2.16. The fourth-order valence-corrected chi connectivity index (χ4v) is 2.31. The van der Waals surface area contributed by atoms with Gasteiger partial charge in [0.15, 0.2) is 6.61 Å². The van der Waals surface area contributed by atoms with E-state index in [9.17, 15) is 4.79 Å². The first kappa shape index (κ1) is 14.3. The van der Waals surface area contributed by atoms with Crippen LogP contribution in [0.5, 0.6) is 11.6 Å². The molecule has 3 rings (SSSR count). The minimum absolute atomic E-state index is 0.0159. The average molecular weight is 299 g/mol. The van der Waals surface area contributed by atoms with Crippen LogP contribution in [0.2, 0.25) is 0 Å². The third-order valence-electron chi connectivity index (χ3n) is 3.42. The maximum absolute atomic E-state index is 12.1. The van der Waals surface area contributed by atoms with E-state index in [0.717, 1.165) is 6.42 Å². The molecule has 0 N–H and O–H groups in total. The van der Waals surface area contributed by atoms with E-state index in [1.54, 1.807) is 35.6 Å². The number of nitrogens with zero attached hydrogens (tertiary/aromatic N) is 3. The van der Waals surface area contributed by atoms with Crippen LogP contribution < -0.4 is 9.47 Å². The number of carbonyl (C=O) groups excluding carboxylic acids is 1. The van der Waals surface area contributed by atoms with Gasteiger partial charge in [0.1, 0.15) is 11.9 Å². The summed E-state index contributed by atoms with van der Waals surface area (Å²) in [7, 11) is 0. The van der Waals surface area contributed by atoms with Crippen molar-refractivity contribution in [2.75, 3.05) is 19.7 Å². The molecule has 1 unspecified atom stereocenters. The molecule has 6 heteroatoms. The summed E-state index contributed by atoms with van der Waals surface area (Å²) >= 11 is 0. The Morgan fingerprint density at radius 2 is 2.23 bits per heavy atom. The number of aromatic nitrogens is 2. The van der Waals surface area contributed by atoms with Gasteiger partial charge in [0.05, 0.1) is 12.7 Å². The van der Waals surface area contributed by atoms with Crippen LogP contribution >= 0.6 is 0 Å². The highest BCUT2D eigenvalue weighted by molar-refractivity contribution is 5.78. The molecule has 1 atom stereocenters. The van der Waals surface area contributed by atoms with E-state index in [4.69, 9.17) is 9.47 Å². The highest BCUT2D eigenvalue weighted by Gasteiger charge is 2.28. The van der Waals surface area contributed by atoms with E-state index >= 15 is 0 Å². The van der Waals surface area contributed by atoms with Gasteiger partial charge < -0.3 is 14.4 Å². The number of rotatable bonds is 5. The van der Waals surface area contributed by atoms with Gasteiger partial charge >= 0.3 is 0 Å². The third kappa shape index (κ3) is 3.72. The Labute approximate surface area is 128 Å². The monoisotopic (exact) mass is 299 g/mol. The molecular weight excluding hydrogens is 282 g/mol. The Hall–Kier alpha value is -2.63. The van der Waals surface area contributed by atoms with Crippen LogP contribution in [-0.2, 0) is 4.79 Å². The molecule has 3 heterocycles. The molecule has 1 fully saturated rings. The van der Waals surface area contributed by atoms with Crippen LogP contribution in [0, 0.1) is 0 Å². The van der Waals surface area contributed by atoms with Gasteiger partial charge in [-0.3, -0.25) is 9.78 Å². The van der Waals surface area contributed by atoms with Gasteiger partial charge in [0, 0.05) is 31.4 Å². The van der Waals surface area contributed by atoms with Gasteiger partial charge in [-0.1, -0.05) is 6.07 Å². The van der Waals surface area contributed by atoms with Crippen molar-refractivity contribution < 1.29 is 14.3 Å². The van der Waals surface area contributed by atoms with Gasteiger partial charge in [-0.15, -0.1) is 0 Å². The summed E-state index contributed by atoms with van der Waals surface area (Å²) in [5.74, 6) is 1.14. The van der Waals surface area contributed by atoms with Crippen LogP contribution in [0.4, 0.5) is 0 Å². The Balaban J connectivity index is 1.46. The average Bonchev–Trinajstić information content (AvgIpc) is 3.03. The molecule has 0 spiro atoms. The van der Waals surface area contributed by atoms with Gasteiger partial charge in [-0.2, -0.15) is 0 Å². The summed E-state index contributed by atoms with van der Waals surface area (Å²) in [6.07, 6.45) is 5.72. The minimum atomic E-state index is -0.0454. The zero-order chi connectivity index (χ0) is 15.2. The molecule has 6 nitrogen and oxygen atoms in total. The summed E-state index contributed by atoms with van der Waals surface area (Å²) in [4.78, 5) is 22.0. The molecule has 0 aliphatic carbocycles. The maximum Gasteiger partial charge on any atom is 0.260 e. The van der Waals surface area contributed by atoms with Crippen molar-refractivity contribution in [3.63, 3.8) is 0 Å². The number of hydrogen-bond acceptors (Lipinski definition) is 5. The normalized spacial score (nSPS) is 17.3. The van der Waals surface area contributed by atoms with Crippen molar-refractivity contribution >= 4 is 5.91 Å². The summed E-state index contributed by atoms with van der Waals surface area (Å²) in [6.45, 7) is 1.25. The Morgan fingerprint density at radius 1 is 1.27 bits per heavy atom. The Kier molecular flexibility index (Phi) is 4.48. The van der Waals surface area contributed by atoms with E-state index < -0.39 is 0 Å². The second-order valence-electron chi connectivity index (χ2n) is 5.01. The second kappa shape index (κ2) is 6.89. The summed E-state index contributed by atoms with van der Waals surface area (Å²) in [6, 6.07) is 9.08. The third-order valence-corrected chi connectivity index (χ3v) is 3.42. The lowest BCUT2D eigenvalue weighted by Gasteiger charge is -2.17. The summed E-state index contributed by atoms with van der Waals surface area (Å²) in [5.41, 5.74) is 0. The lowest BCUT2D eigenvalue weighted by molar-refractivity contribution is -0.132. The summed E-state index contributed by atoms with van der Waals surface area (Å²) < 4.78 is 11.2. The molecule has 114 valence electrons. The zero-order valence-electron chi connectivity index (χ0n) is 12.1. The number of hydrogen-bond donors (Lipinski definition) is 0. The second-order valence-corrected chi connectivity index (χ2v) is 5.01. The first-order valence-corrected chi connectivity index (χ1v) is 7.19. The van der Waals surface area contributed by atoms with Crippen LogP contribution in [0.1, 0.15) is 6.42 Å². The van der Waals surface area contributed by atoms with E-state index in [1.165, 1.54) is 0 Å². The van der Waals surface area contributed by atoms with E-state index in [0.29, 0.717) is 24.7 Å². The fraction of sp³-hybridized carbons (Fsp3) is 0.312. The first-order chi connectivity index (χ1) is 10.8. The smallest absolute Gasteiger partial charge is 0.260 e.